The van der Waals surface area contributed by atoms with Crippen molar-refractivity contribution < 1.29 is 23.4 Å². The normalized spacial score (nSPS) is 14.4. The molecule has 1 unspecified atom stereocenters. The lowest BCUT2D eigenvalue weighted by atomic mass is 9.72. The Morgan fingerprint density at radius 2 is 1.84 bits per heavy atom. The highest BCUT2D eigenvalue weighted by Gasteiger charge is 2.56. The van der Waals surface area contributed by atoms with Crippen molar-refractivity contribution in [1.29, 1.82) is 0 Å². The predicted octanol–water partition coefficient (Wildman–Crippen LogP) is 4.96. The highest BCUT2D eigenvalue weighted by atomic mass is 19.4. The number of rotatable bonds is 10. The minimum atomic E-state index is -4.96. The van der Waals surface area contributed by atoms with Gasteiger partial charge in [0.2, 0.25) is 0 Å². The van der Waals surface area contributed by atoms with Gasteiger partial charge in [0, 0.05) is 60.5 Å². The van der Waals surface area contributed by atoms with Crippen LogP contribution in [0.2, 0.25) is 0 Å². The van der Waals surface area contributed by atoms with Crippen LogP contribution in [0.25, 0.3) is 17.2 Å². The van der Waals surface area contributed by atoms with Gasteiger partial charge in [-0.25, -0.2) is 0 Å². The van der Waals surface area contributed by atoms with E-state index >= 15 is 0 Å². The molecule has 1 atom stereocenters. The van der Waals surface area contributed by atoms with Crippen LogP contribution in [0.4, 0.5) is 13.2 Å². The van der Waals surface area contributed by atoms with Crippen molar-refractivity contribution in [2.24, 2.45) is 5.73 Å². The topological polar surface area (TPSA) is 104 Å². The molecule has 3 rings (SSSR count). The van der Waals surface area contributed by atoms with E-state index < -0.39 is 30.0 Å². The molecule has 9 heteroatoms. The number of phenols is 1. The summed E-state index contributed by atoms with van der Waals surface area (Å²) in [7, 11) is 1.82. The number of alkyl halides is 3. The Morgan fingerprint density at radius 3 is 2.49 bits per heavy atom. The summed E-state index contributed by atoms with van der Waals surface area (Å²) < 4.78 is 42.8. The monoisotopic (exact) mass is 514 g/mol. The predicted molar refractivity (Wildman–Crippen MR) is 139 cm³/mol. The smallest absolute Gasteiger partial charge is 0.417 e. The van der Waals surface area contributed by atoms with Crippen molar-refractivity contribution in [3.05, 3.63) is 83.6 Å². The van der Waals surface area contributed by atoms with E-state index in [2.05, 4.69) is 15.3 Å². The highest BCUT2D eigenvalue weighted by molar-refractivity contribution is 5.65. The standard InChI is InChI=1S/C28H33F3N4O2/c1-26(2,24-15-20(6-7-25(24)36)21-5-4-10-34-17-21)18-27(37,28(29,30)31)16-22(32)13-19-8-12-35-23(14-19)9-11-33-3/h4-8,10,12-15,17,33,36-37H,9,11,16,18,32H2,1-3H3/b22-13-. The van der Waals surface area contributed by atoms with E-state index in [4.69, 9.17) is 5.73 Å². The fourth-order valence-electron chi connectivity index (χ4n) is 4.46. The number of nitrogens with two attached hydrogens (primary N) is 1. The summed E-state index contributed by atoms with van der Waals surface area (Å²) in [5, 5.41) is 24.6. The molecule has 198 valence electrons. The van der Waals surface area contributed by atoms with Gasteiger partial charge < -0.3 is 21.3 Å². The third kappa shape index (κ3) is 7.08. The van der Waals surface area contributed by atoms with Gasteiger partial charge in [-0.1, -0.05) is 26.0 Å². The molecule has 2 heterocycles. The zero-order chi connectivity index (χ0) is 27.3. The van der Waals surface area contributed by atoms with Crippen LogP contribution in [0.1, 0.15) is 43.5 Å². The summed E-state index contributed by atoms with van der Waals surface area (Å²) in [6.07, 6.45) is 0.393. The molecule has 37 heavy (non-hydrogen) atoms. The maximum absolute atomic E-state index is 14.3. The summed E-state index contributed by atoms with van der Waals surface area (Å²) in [4.78, 5) is 8.33. The number of pyridine rings is 2. The van der Waals surface area contributed by atoms with E-state index in [0.717, 1.165) is 11.3 Å². The number of phenolic OH excluding ortho intramolecular Hbond substituents is 1. The van der Waals surface area contributed by atoms with Crippen LogP contribution in [-0.2, 0) is 11.8 Å². The summed E-state index contributed by atoms with van der Waals surface area (Å²) in [5.74, 6) is -0.156. The molecule has 0 spiro atoms. The van der Waals surface area contributed by atoms with Gasteiger partial charge in [0.25, 0.3) is 0 Å². The first-order valence-corrected chi connectivity index (χ1v) is 11.9. The molecule has 0 saturated carbocycles. The number of hydrogen-bond acceptors (Lipinski definition) is 6. The maximum Gasteiger partial charge on any atom is 0.417 e. The Hall–Kier alpha value is -3.43. The third-order valence-corrected chi connectivity index (χ3v) is 6.30. The number of halogens is 3. The fraction of sp³-hybridized carbons (Fsp3) is 0.357. The number of nitrogens with one attached hydrogen (secondary N) is 1. The molecule has 3 aromatic rings. The van der Waals surface area contributed by atoms with Crippen molar-refractivity contribution >= 4 is 6.08 Å². The zero-order valence-electron chi connectivity index (χ0n) is 21.2. The summed E-state index contributed by atoms with van der Waals surface area (Å²) in [5.41, 5.74) is 4.63. The van der Waals surface area contributed by atoms with Gasteiger partial charge in [-0.3, -0.25) is 9.97 Å². The van der Waals surface area contributed by atoms with Gasteiger partial charge in [0.05, 0.1) is 0 Å². The minimum absolute atomic E-state index is 0.116. The third-order valence-electron chi connectivity index (χ3n) is 6.30. The SMILES string of the molecule is CNCCc1cc(/C=C(\N)CC(O)(CC(C)(C)c2cc(-c3cccnc3)ccc2O)C(F)(F)F)ccn1. The fourth-order valence-corrected chi connectivity index (χ4v) is 4.46. The Kier molecular flexibility index (Phi) is 8.60. The number of likely N-dealkylation sites (N-methyl/N-ethyl adjacent to an activating group) is 1. The summed E-state index contributed by atoms with van der Waals surface area (Å²) in [6, 6.07) is 11.7. The lowest BCUT2D eigenvalue weighted by Crippen LogP contribution is -2.50. The van der Waals surface area contributed by atoms with E-state index in [0.29, 0.717) is 24.1 Å². The molecule has 0 bridgehead atoms. The molecule has 2 aromatic heterocycles. The Balaban J connectivity index is 1.91. The largest absolute Gasteiger partial charge is 0.508 e. The van der Waals surface area contributed by atoms with Crippen molar-refractivity contribution in [2.45, 2.75) is 50.3 Å². The van der Waals surface area contributed by atoms with Gasteiger partial charge >= 0.3 is 6.18 Å². The number of benzene rings is 1. The molecular weight excluding hydrogens is 481 g/mol. The lowest BCUT2D eigenvalue weighted by molar-refractivity contribution is -0.266. The lowest BCUT2D eigenvalue weighted by Gasteiger charge is -2.38. The second-order valence-electron chi connectivity index (χ2n) is 9.89. The number of aromatic hydroxyl groups is 1. The first-order chi connectivity index (χ1) is 17.3. The second kappa shape index (κ2) is 11.3. The number of hydrogen-bond donors (Lipinski definition) is 4. The molecule has 0 radical (unpaired) electrons. The molecule has 5 N–H and O–H groups in total. The van der Waals surface area contributed by atoms with Crippen molar-refractivity contribution in [2.75, 3.05) is 13.6 Å². The van der Waals surface area contributed by atoms with Crippen LogP contribution in [0, 0.1) is 0 Å². The first-order valence-electron chi connectivity index (χ1n) is 11.9. The van der Waals surface area contributed by atoms with E-state index in [1.165, 1.54) is 12.1 Å². The second-order valence-corrected chi connectivity index (χ2v) is 9.89. The van der Waals surface area contributed by atoms with Crippen molar-refractivity contribution in [1.82, 2.24) is 15.3 Å². The number of nitrogens with zero attached hydrogens (tertiary/aromatic N) is 2. The van der Waals surface area contributed by atoms with E-state index in [1.54, 1.807) is 62.8 Å². The van der Waals surface area contributed by atoms with E-state index in [9.17, 15) is 23.4 Å². The molecule has 0 saturated heterocycles. The van der Waals surface area contributed by atoms with E-state index in [-0.39, 0.29) is 17.0 Å². The van der Waals surface area contributed by atoms with Crippen LogP contribution < -0.4 is 11.1 Å². The van der Waals surface area contributed by atoms with Gasteiger partial charge in [-0.05, 0) is 66.4 Å². The average molecular weight is 515 g/mol. The zero-order valence-corrected chi connectivity index (χ0v) is 21.2. The molecule has 0 fully saturated rings. The van der Waals surface area contributed by atoms with Crippen LogP contribution in [0.3, 0.4) is 0 Å². The minimum Gasteiger partial charge on any atom is -0.508 e. The molecular formula is C28H33F3N4O2. The van der Waals surface area contributed by atoms with Gasteiger partial charge in [-0.15, -0.1) is 0 Å². The Labute approximate surface area is 215 Å². The van der Waals surface area contributed by atoms with Gasteiger partial charge in [0.1, 0.15) is 5.75 Å². The maximum atomic E-state index is 14.3. The average Bonchev–Trinajstić information content (AvgIpc) is 2.82. The number of aliphatic hydroxyl groups is 1. The summed E-state index contributed by atoms with van der Waals surface area (Å²) >= 11 is 0. The molecule has 0 amide bonds. The molecule has 0 aliphatic rings. The molecule has 1 aromatic carbocycles. The molecule has 6 nitrogen and oxygen atoms in total. The Bertz CT molecular complexity index is 1230. The molecule has 0 aliphatic heterocycles. The molecule has 0 aliphatic carbocycles. The van der Waals surface area contributed by atoms with Crippen LogP contribution in [-0.4, -0.2) is 45.6 Å². The first kappa shape index (κ1) is 28.1. The van der Waals surface area contributed by atoms with E-state index in [1.807, 2.05) is 13.1 Å². The van der Waals surface area contributed by atoms with Crippen molar-refractivity contribution in [3.8, 4) is 16.9 Å². The van der Waals surface area contributed by atoms with Gasteiger partial charge in [0.15, 0.2) is 5.60 Å². The summed E-state index contributed by atoms with van der Waals surface area (Å²) in [6.45, 7) is 3.82. The van der Waals surface area contributed by atoms with Crippen LogP contribution >= 0.6 is 0 Å². The Morgan fingerprint density at radius 1 is 1.08 bits per heavy atom. The van der Waals surface area contributed by atoms with Crippen LogP contribution in [0.15, 0.2) is 66.8 Å². The number of aromatic nitrogens is 2. The van der Waals surface area contributed by atoms with Crippen LogP contribution in [0.5, 0.6) is 5.75 Å². The van der Waals surface area contributed by atoms with Crippen molar-refractivity contribution in [3.63, 3.8) is 0 Å². The highest BCUT2D eigenvalue weighted by Crippen LogP contribution is 2.46. The van der Waals surface area contributed by atoms with Gasteiger partial charge in [-0.2, -0.15) is 13.2 Å². The quantitative estimate of drug-likeness (QED) is 0.305.